The second-order valence-corrected chi connectivity index (χ2v) is 5.30. The van der Waals surface area contributed by atoms with E-state index < -0.39 is 54.5 Å². The van der Waals surface area contributed by atoms with Crippen LogP contribution in [0.4, 0.5) is 0 Å². The summed E-state index contributed by atoms with van der Waals surface area (Å²) >= 11 is 0. The second-order valence-electron chi connectivity index (χ2n) is 5.30. The number of hydrogen-bond acceptors (Lipinski definition) is 10. The molecule has 0 amide bonds. The highest BCUT2D eigenvalue weighted by atomic mass is 16.7. The first-order chi connectivity index (χ1) is 12.1. The van der Waals surface area contributed by atoms with E-state index in [1.807, 2.05) is 0 Å². The Morgan fingerprint density at radius 1 is 0.923 bits per heavy atom. The zero-order chi connectivity index (χ0) is 19.9. The Morgan fingerprint density at radius 2 is 1.46 bits per heavy atom. The molecular weight excluding hydrogens is 354 g/mol. The van der Waals surface area contributed by atoms with Crippen LogP contribution in [-0.2, 0) is 42.9 Å². The summed E-state index contributed by atoms with van der Waals surface area (Å²) in [7, 11) is 0. The molecule has 0 aromatic rings. The number of esters is 4. The molecule has 2 unspecified atom stereocenters. The molecular formula is C14H19N3O9. The van der Waals surface area contributed by atoms with Crippen molar-refractivity contribution in [2.24, 2.45) is 5.11 Å². The molecule has 0 aromatic heterocycles. The van der Waals surface area contributed by atoms with Crippen molar-refractivity contribution in [3.63, 3.8) is 0 Å². The largest absolute Gasteiger partial charge is 0.463 e. The van der Waals surface area contributed by atoms with Gasteiger partial charge in [-0.1, -0.05) is 5.11 Å². The fraction of sp³-hybridized carbons (Fsp3) is 0.714. The SMILES string of the molecule is CC(=O)OCC1O[C@H](OC(C)=O)C(N=[N+]=[N-])[C@@H](OC(C)=O)[C@@H]1OC(C)=O. The summed E-state index contributed by atoms with van der Waals surface area (Å²) in [5.41, 5.74) is 8.78. The molecule has 1 rings (SSSR count). The Bertz CT molecular complexity index is 617. The van der Waals surface area contributed by atoms with E-state index in [9.17, 15) is 19.2 Å². The Balaban J connectivity index is 3.28. The number of rotatable bonds is 6. The third-order valence-corrected chi connectivity index (χ3v) is 3.14. The van der Waals surface area contributed by atoms with E-state index in [0.717, 1.165) is 27.7 Å². The monoisotopic (exact) mass is 373 g/mol. The molecule has 1 aliphatic heterocycles. The zero-order valence-electron chi connectivity index (χ0n) is 14.6. The number of azide groups is 1. The van der Waals surface area contributed by atoms with E-state index in [4.69, 9.17) is 29.2 Å². The molecule has 1 fully saturated rings. The number of hydrogen-bond donors (Lipinski definition) is 0. The lowest BCUT2D eigenvalue weighted by Crippen LogP contribution is -2.61. The predicted molar refractivity (Wildman–Crippen MR) is 81.1 cm³/mol. The lowest BCUT2D eigenvalue weighted by Gasteiger charge is -2.42. The van der Waals surface area contributed by atoms with Crippen LogP contribution in [-0.4, -0.2) is 61.1 Å². The van der Waals surface area contributed by atoms with Crippen LogP contribution in [0.25, 0.3) is 10.4 Å². The minimum Gasteiger partial charge on any atom is -0.463 e. The van der Waals surface area contributed by atoms with Crippen LogP contribution in [0.1, 0.15) is 27.7 Å². The van der Waals surface area contributed by atoms with Gasteiger partial charge in [0.2, 0.25) is 6.29 Å². The van der Waals surface area contributed by atoms with E-state index >= 15 is 0 Å². The van der Waals surface area contributed by atoms with E-state index in [1.165, 1.54) is 0 Å². The van der Waals surface area contributed by atoms with Gasteiger partial charge in [0.05, 0.1) is 0 Å². The quantitative estimate of drug-likeness (QED) is 0.210. The maximum Gasteiger partial charge on any atom is 0.304 e. The maximum atomic E-state index is 11.5. The average Bonchev–Trinajstić information content (AvgIpc) is 2.49. The van der Waals surface area contributed by atoms with Gasteiger partial charge in [-0.3, -0.25) is 19.2 Å². The Morgan fingerprint density at radius 3 is 1.92 bits per heavy atom. The summed E-state index contributed by atoms with van der Waals surface area (Å²) in [6, 6.07) is -1.33. The normalized spacial score (nSPS) is 27.5. The van der Waals surface area contributed by atoms with Crippen molar-refractivity contribution in [2.45, 2.75) is 58.3 Å². The summed E-state index contributed by atoms with van der Waals surface area (Å²) in [6.07, 6.45) is -5.18. The molecule has 1 saturated heterocycles. The van der Waals surface area contributed by atoms with Crippen molar-refractivity contribution in [3.05, 3.63) is 10.4 Å². The molecule has 0 radical (unpaired) electrons. The van der Waals surface area contributed by atoms with Crippen molar-refractivity contribution < 1.29 is 42.9 Å². The second kappa shape index (κ2) is 9.59. The van der Waals surface area contributed by atoms with Crippen molar-refractivity contribution in [3.8, 4) is 0 Å². The Kier molecular flexibility index (Phi) is 7.81. The first-order valence-electron chi connectivity index (χ1n) is 7.50. The first-order valence-corrected chi connectivity index (χ1v) is 7.50. The molecule has 0 saturated carbocycles. The van der Waals surface area contributed by atoms with Gasteiger partial charge in [0.25, 0.3) is 0 Å². The number of carbonyl (C=O) groups is 4. The minimum absolute atomic E-state index is 0.383. The summed E-state index contributed by atoms with van der Waals surface area (Å²) in [6.45, 7) is 4.06. The molecule has 0 bridgehead atoms. The van der Waals surface area contributed by atoms with Gasteiger partial charge in [0.15, 0.2) is 12.2 Å². The smallest absolute Gasteiger partial charge is 0.304 e. The maximum absolute atomic E-state index is 11.5. The van der Waals surface area contributed by atoms with Crippen LogP contribution in [0.3, 0.4) is 0 Å². The molecule has 144 valence electrons. The molecule has 0 spiro atoms. The highest BCUT2D eigenvalue weighted by Crippen LogP contribution is 2.29. The van der Waals surface area contributed by atoms with Gasteiger partial charge >= 0.3 is 23.9 Å². The molecule has 0 aliphatic carbocycles. The minimum atomic E-state index is -1.44. The van der Waals surface area contributed by atoms with Crippen LogP contribution >= 0.6 is 0 Å². The van der Waals surface area contributed by atoms with Gasteiger partial charge in [-0.2, -0.15) is 0 Å². The summed E-state index contributed by atoms with van der Waals surface area (Å²) < 4.78 is 25.5. The fourth-order valence-electron chi connectivity index (χ4n) is 2.33. The molecule has 12 heteroatoms. The highest BCUT2D eigenvalue weighted by molar-refractivity contribution is 5.68. The van der Waals surface area contributed by atoms with E-state index in [1.54, 1.807) is 0 Å². The zero-order valence-corrected chi connectivity index (χ0v) is 14.6. The van der Waals surface area contributed by atoms with Crippen LogP contribution in [0.2, 0.25) is 0 Å². The van der Waals surface area contributed by atoms with E-state index in [2.05, 4.69) is 10.0 Å². The van der Waals surface area contributed by atoms with Crippen LogP contribution in [0, 0.1) is 0 Å². The molecule has 5 atom stereocenters. The third-order valence-electron chi connectivity index (χ3n) is 3.14. The van der Waals surface area contributed by atoms with Gasteiger partial charge in [-0.05, 0) is 5.53 Å². The fourth-order valence-corrected chi connectivity index (χ4v) is 2.33. The van der Waals surface area contributed by atoms with Crippen molar-refractivity contribution in [1.82, 2.24) is 0 Å². The van der Waals surface area contributed by atoms with Crippen LogP contribution in [0.5, 0.6) is 0 Å². The van der Waals surface area contributed by atoms with Gasteiger partial charge in [-0.15, -0.1) is 0 Å². The van der Waals surface area contributed by atoms with Crippen LogP contribution in [0.15, 0.2) is 5.11 Å². The standard InChI is InChI=1S/C14H19N3O9/c1-6(18)22-5-10-12(23-7(2)19)13(24-8(3)20)11(16-17-15)14(26-10)25-9(4)21/h10-14H,5H2,1-4H3/t10?,11?,12-,13-,14+/m1/s1. The molecule has 1 heterocycles. The van der Waals surface area contributed by atoms with E-state index in [0.29, 0.717) is 0 Å². The first kappa shape index (κ1) is 21.2. The molecule has 26 heavy (non-hydrogen) atoms. The van der Waals surface area contributed by atoms with Crippen molar-refractivity contribution in [2.75, 3.05) is 6.61 Å². The topological polar surface area (TPSA) is 163 Å². The molecule has 1 aliphatic rings. The molecule has 0 aromatic carbocycles. The van der Waals surface area contributed by atoms with Crippen LogP contribution < -0.4 is 0 Å². The highest BCUT2D eigenvalue weighted by Gasteiger charge is 2.51. The lowest BCUT2D eigenvalue weighted by molar-refractivity contribution is -0.267. The Labute approximate surface area is 148 Å². The third kappa shape index (κ3) is 6.22. The number of ether oxygens (including phenoxy) is 5. The summed E-state index contributed by atoms with van der Waals surface area (Å²) in [4.78, 5) is 47.9. The number of nitrogens with zero attached hydrogens (tertiary/aromatic N) is 3. The van der Waals surface area contributed by atoms with Gasteiger partial charge in [0.1, 0.15) is 18.8 Å². The Hall–Kier alpha value is -2.85. The van der Waals surface area contributed by atoms with Gasteiger partial charge in [0, 0.05) is 32.6 Å². The number of carbonyl (C=O) groups excluding carboxylic acids is 4. The lowest BCUT2D eigenvalue weighted by atomic mass is 9.97. The van der Waals surface area contributed by atoms with E-state index in [-0.39, 0.29) is 6.61 Å². The molecule has 0 N–H and O–H groups in total. The van der Waals surface area contributed by atoms with Gasteiger partial charge < -0.3 is 23.7 Å². The predicted octanol–water partition coefficient (Wildman–Crippen LogP) is 0.380. The van der Waals surface area contributed by atoms with Gasteiger partial charge in [-0.25, -0.2) is 0 Å². The summed E-state index contributed by atoms with van der Waals surface area (Å²) in [5, 5.41) is 3.44. The summed E-state index contributed by atoms with van der Waals surface area (Å²) in [5.74, 6) is -2.90. The average molecular weight is 373 g/mol. The van der Waals surface area contributed by atoms with Crippen molar-refractivity contribution >= 4 is 23.9 Å². The van der Waals surface area contributed by atoms with Crippen molar-refractivity contribution in [1.29, 1.82) is 0 Å². The molecule has 12 nitrogen and oxygen atoms in total.